The Kier molecular flexibility index (Phi) is 4.39. The first-order chi connectivity index (χ1) is 4.89. The van der Waals surface area contributed by atoms with Crippen molar-refractivity contribution in [3.63, 3.8) is 0 Å². The van der Waals surface area contributed by atoms with E-state index < -0.39 is 7.82 Å². The SMILES string of the molecule is O=P(O)(O)O.S=C1N=CCN1. The van der Waals surface area contributed by atoms with Gasteiger partial charge in [0.1, 0.15) is 0 Å². The molecule has 4 N–H and O–H groups in total. The van der Waals surface area contributed by atoms with Crippen LogP contribution in [0.3, 0.4) is 0 Å². The van der Waals surface area contributed by atoms with Crippen LogP contribution in [0.2, 0.25) is 0 Å². The van der Waals surface area contributed by atoms with Crippen molar-refractivity contribution in [2.24, 2.45) is 4.99 Å². The second kappa shape index (κ2) is 4.53. The first kappa shape index (κ1) is 10.7. The smallest absolute Gasteiger partial charge is 0.356 e. The van der Waals surface area contributed by atoms with Crippen LogP contribution in [-0.4, -0.2) is 32.6 Å². The Labute approximate surface area is 68.2 Å². The van der Waals surface area contributed by atoms with Crippen LogP contribution in [0.25, 0.3) is 0 Å². The first-order valence-corrected chi connectivity index (χ1v) is 4.45. The number of nitrogens with one attached hydrogen (secondary N) is 1. The van der Waals surface area contributed by atoms with Gasteiger partial charge in [0, 0.05) is 6.21 Å². The van der Waals surface area contributed by atoms with E-state index in [2.05, 4.69) is 22.5 Å². The van der Waals surface area contributed by atoms with E-state index in [1.54, 1.807) is 6.21 Å². The molecule has 0 spiro atoms. The van der Waals surface area contributed by atoms with Crippen LogP contribution >= 0.6 is 20.0 Å². The molecule has 1 heterocycles. The summed E-state index contributed by atoms with van der Waals surface area (Å²) in [4.78, 5) is 25.3. The molecule has 0 saturated heterocycles. The Balaban J connectivity index is 0.000000187. The first-order valence-electron chi connectivity index (χ1n) is 2.48. The number of phosphoric acid groups is 1. The maximum Gasteiger partial charge on any atom is 0.466 e. The van der Waals surface area contributed by atoms with Gasteiger partial charge in [-0.3, -0.25) is 0 Å². The maximum absolute atomic E-state index is 8.88. The predicted octanol–water partition coefficient (Wildman–Crippen LogP) is -0.983. The zero-order chi connectivity index (χ0) is 8.91. The summed E-state index contributed by atoms with van der Waals surface area (Å²) in [6.45, 7) is 0.804. The molecule has 0 bridgehead atoms. The number of nitrogens with zero attached hydrogens (tertiary/aromatic N) is 1. The molecule has 6 nitrogen and oxygen atoms in total. The van der Waals surface area contributed by atoms with Crippen LogP contribution in [0, 0.1) is 0 Å². The van der Waals surface area contributed by atoms with Crippen molar-refractivity contribution in [2.45, 2.75) is 0 Å². The lowest BCUT2D eigenvalue weighted by atomic mass is 10.8. The Morgan fingerprint density at radius 3 is 2.18 bits per heavy atom. The monoisotopic (exact) mass is 198 g/mol. The van der Waals surface area contributed by atoms with Gasteiger partial charge in [-0.05, 0) is 12.2 Å². The van der Waals surface area contributed by atoms with Crippen LogP contribution < -0.4 is 5.32 Å². The Morgan fingerprint density at radius 2 is 2.09 bits per heavy atom. The highest BCUT2D eigenvalue weighted by Crippen LogP contribution is 2.25. The van der Waals surface area contributed by atoms with E-state index in [4.69, 9.17) is 19.2 Å². The molecule has 0 amide bonds. The van der Waals surface area contributed by atoms with Crippen molar-refractivity contribution < 1.29 is 19.2 Å². The van der Waals surface area contributed by atoms with Gasteiger partial charge in [-0.2, -0.15) is 0 Å². The third-order valence-corrected chi connectivity index (χ3v) is 0.803. The van der Waals surface area contributed by atoms with Gasteiger partial charge < -0.3 is 20.0 Å². The average molecular weight is 198 g/mol. The van der Waals surface area contributed by atoms with E-state index >= 15 is 0 Å². The van der Waals surface area contributed by atoms with Gasteiger partial charge in [0.2, 0.25) is 0 Å². The standard InChI is InChI=1S/C3H4N2S.H3O4P/c6-3-4-1-2-5-3;1-5(2,3)4/h1H,2H2,(H,5,6);(H3,1,2,3,4). The van der Waals surface area contributed by atoms with Crippen molar-refractivity contribution in [3.8, 4) is 0 Å². The van der Waals surface area contributed by atoms with Crippen LogP contribution in [0.1, 0.15) is 0 Å². The minimum atomic E-state index is -4.64. The summed E-state index contributed by atoms with van der Waals surface area (Å²) in [7, 11) is -4.64. The van der Waals surface area contributed by atoms with Gasteiger partial charge in [-0.25, -0.2) is 9.56 Å². The van der Waals surface area contributed by atoms with E-state index in [-0.39, 0.29) is 0 Å². The topological polar surface area (TPSA) is 102 Å². The lowest BCUT2D eigenvalue weighted by Gasteiger charge is -1.82. The van der Waals surface area contributed by atoms with Gasteiger partial charge in [-0.1, -0.05) is 0 Å². The number of hydrogen-bond acceptors (Lipinski definition) is 2. The molecule has 0 aromatic heterocycles. The molecule has 0 aliphatic carbocycles. The normalized spacial score (nSPS) is 15.4. The quantitative estimate of drug-likeness (QED) is 0.294. The fraction of sp³-hybridized carbons (Fsp3) is 0.333. The Bertz CT molecular complexity index is 203. The van der Waals surface area contributed by atoms with Crippen molar-refractivity contribution in [2.75, 3.05) is 6.54 Å². The van der Waals surface area contributed by atoms with Gasteiger partial charge in [0.15, 0.2) is 5.11 Å². The molecule has 8 heteroatoms. The lowest BCUT2D eigenvalue weighted by Crippen LogP contribution is -2.12. The molecule has 0 aromatic carbocycles. The molecular weight excluding hydrogens is 191 g/mol. The molecule has 64 valence electrons. The number of hydrogen-bond donors (Lipinski definition) is 4. The summed E-state index contributed by atoms with van der Waals surface area (Å²) in [6, 6.07) is 0. The van der Waals surface area contributed by atoms with Gasteiger partial charge in [-0.15, -0.1) is 0 Å². The Morgan fingerprint density at radius 1 is 1.64 bits per heavy atom. The van der Waals surface area contributed by atoms with Crippen LogP contribution in [0.4, 0.5) is 0 Å². The fourth-order valence-electron chi connectivity index (χ4n) is 0.307. The van der Waals surface area contributed by atoms with Crippen LogP contribution in [-0.2, 0) is 4.57 Å². The summed E-state index contributed by atoms with van der Waals surface area (Å²) in [5.74, 6) is 0. The molecule has 0 saturated carbocycles. The minimum absolute atomic E-state index is 0.606. The van der Waals surface area contributed by atoms with Crippen LogP contribution in [0.5, 0.6) is 0 Å². The van der Waals surface area contributed by atoms with Crippen molar-refractivity contribution in [1.82, 2.24) is 5.32 Å². The molecule has 1 rings (SSSR count). The van der Waals surface area contributed by atoms with Crippen molar-refractivity contribution in [1.29, 1.82) is 0 Å². The van der Waals surface area contributed by atoms with Crippen molar-refractivity contribution >= 4 is 31.4 Å². The van der Waals surface area contributed by atoms with E-state index in [1.807, 2.05) is 0 Å². The van der Waals surface area contributed by atoms with Gasteiger partial charge >= 0.3 is 7.82 Å². The molecule has 1 aliphatic rings. The van der Waals surface area contributed by atoms with Gasteiger partial charge in [0.25, 0.3) is 0 Å². The summed E-state index contributed by atoms with van der Waals surface area (Å²) in [6.07, 6.45) is 1.75. The zero-order valence-corrected chi connectivity index (χ0v) is 7.05. The minimum Gasteiger partial charge on any atom is -0.356 e. The zero-order valence-electron chi connectivity index (χ0n) is 5.34. The highest BCUT2D eigenvalue weighted by atomic mass is 32.1. The average Bonchev–Trinajstić information content (AvgIpc) is 2.12. The fourth-order valence-corrected chi connectivity index (χ4v) is 0.465. The molecule has 0 atom stereocenters. The highest BCUT2D eigenvalue weighted by Gasteiger charge is 2.00. The molecule has 11 heavy (non-hydrogen) atoms. The second-order valence-corrected chi connectivity index (χ2v) is 2.92. The van der Waals surface area contributed by atoms with Crippen LogP contribution in [0.15, 0.2) is 4.99 Å². The molecule has 0 aromatic rings. The Hall–Kier alpha value is -0.330. The van der Waals surface area contributed by atoms with E-state index in [0.717, 1.165) is 6.54 Å². The van der Waals surface area contributed by atoms with E-state index in [1.165, 1.54) is 0 Å². The number of aliphatic imine (C=N–C) groups is 1. The predicted molar refractivity (Wildman–Crippen MR) is 43.4 cm³/mol. The van der Waals surface area contributed by atoms with E-state index in [0.29, 0.717) is 5.11 Å². The third-order valence-electron chi connectivity index (χ3n) is 0.553. The summed E-state index contributed by atoms with van der Waals surface area (Å²) < 4.78 is 8.88. The third kappa shape index (κ3) is 12.8. The lowest BCUT2D eigenvalue weighted by molar-refractivity contribution is 0.275. The molecule has 0 radical (unpaired) electrons. The molecule has 0 fully saturated rings. The number of rotatable bonds is 0. The summed E-state index contributed by atoms with van der Waals surface area (Å²) in [5.41, 5.74) is 0. The maximum atomic E-state index is 8.88. The summed E-state index contributed by atoms with van der Waals surface area (Å²) in [5, 5.41) is 3.44. The highest BCUT2D eigenvalue weighted by molar-refractivity contribution is 7.80. The second-order valence-electron chi connectivity index (χ2n) is 1.51. The largest absolute Gasteiger partial charge is 0.466 e. The molecular formula is C3H7N2O4PS. The molecule has 1 aliphatic heterocycles. The summed E-state index contributed by atoms with van der Waals surface area (Å²) >= 11 is 4.61. The van der Waals surface area contributed by atoms with E-state index in [9.17, 15) is 0 Å². The van der Waals surface area contributed by atoms with Crippen molar-refractivity contribution in [3.05, 3.63) is 0 Å². The number of thiocarbonyl (C=S) groups is 1. The molecule has 0 unspecified atom stereocenters. The van der Waals surface area contributed by atoms with Gasteiger partial charge in [0.05, 0.1) is 6.54 Å².